The van der Waals surface area contributed by atoms with E-state index in [0.29, 0.717) is 13.0 Å². The molecule has 1 fully saturated rings. The van der Waals surface area contributed by atoms with Crippen LogP contribution in [0, 0.1) is 10.1 Å². The molecule has 0 spiro atoms. The van der Waals surface area contributed by atoms with Crippen LogP contribution in [0.5, 0.6) is 0 Å². The first kappa shape index (κ1) is 15.8. The van der Waals surface area contributed by atoms with E-state index in [2.05, 4.69) is 10.3 Å². The number of piperidine rings is 1. The van der Waals surface area contributed by atoms with Crippen molar-refractivity contribution in [2.45, 2.75) is 23.1 Å². The summed E-state index contributed by atoms with van der Waals surface area (Å²) in [4.78, 5) is 13.6. The van der Waals surface area contributed by atoms with Crippen LogP contribution >= 0.6 is 12.4 Å². The Morgan fingerprint density at radius 2 is 2.16 bits per heavy atom. The summed E-state index contributed by atoms with van der Waals surface area (Å²) in [5.74, 6) is 0. The van der Waals surface area contributed by atoms with E-state index >= 15 is 0 Å². The average Bonchev–Trinajstić information content (AvgIpc) is 2.40. The second-order valence-corrected chi connectivity index (χ2v) is 6.30. The summed E-state index contributed by atoms with van der Waals surface area (Å²) >= 11 is 0. The van der Waals surface area contributed by atoms with Crippen LogP contribution in [0.3, 0.4) is 0 Å². The number of sulfone groups is 1. The Hall–Kier alpha value is -1.25. The quantitative estimate of drug-likeness (QED) is 0.658. The molecule has 1 aliphatic heterocycles. The van der Waals surface area contributed by atoms with Crippen molar-refractivity contribution in [3.63, 3.8) is 0 Å². The first-order chi connectivity index (χ1) is 8.51. The fourth-order valence-electron chi connectivity index (χ4n) is 1.90. The van der Waals surface area contributed by atoms with E-state index in [-0.39, 0.29) is 23.1 Å². The minimum absolute atomic E-state index is 0. The molecule has 1 atom stereocenters. The van der Waals surface area contributed by atoms with Crippen molar-refractivity contribution >= 4 is 27.9 Å². The van der Waals surface area contributed by atoms with Crippen LogP contribution in [0.15, 0.2) is 23.4 Å². The summed E-state index contributed by atoms with van der Waals surface area (Å²) in [6.07, 6.45) is 2.37. The van der Waals surface area contributed by atoms with Gasteiger partial charge < -0.3 is 5.32 Å². The van der Waals surface area contributed by atoms with E-state index in [4.69, 9.17) is 0 Å². The molecule has 0 aromatic carbocycles. The minimum Gasteiger partial charge on any atom is -0.315 e. The zero-order valence-corrected chi connectivity index (χ0v) is 11.6. The minimum atomic E-state index is -3.50. The molecule has 7 nitrogen and oxygen atoms in total. The Labute approximate surface area is 116 Å². The van der Waals surface area contributed by atoms with Crippen LogP contribution in [0.2, 0.25) is 0 Å². The molecule has 0 saturated carbocycles. The molecule has 0 bridgehead atoms. The summed E-state index contributed by atoms with van der Waals surface area (Å²) < 4.78 is 24.4. The predicted octanol–water partition coefficient (Wildman–Crippen LogP) is 0.937. The maximum absolute atomic E-state index is 12.2. The standard InChI is InChI=1S/C10H13N3O4S.ClH/c14-13(15)8-3-4-10(12-6-8)18(16,17)9-2-1-5-11-7-9;/h3-4,6,9,11H,1-2,5,7H2;1H. The lowest BCUT2D eigenvalue weighted by Gasteiger charge is -2.22. The Morgan fingerprint density at radius 1 is 1.42 bits per heavy atom. The molecule has 9 heteroatoms. The van der Waals surface area contributed by atoms with Gasteiger partial charge in [0.2, 0.25) is 0 Å². The smallest absolute Gasteiger partial charge is 0.287 e. The van der Waals surface area contributed by atoms with Gasteiger partial charge in [-0.2, -0.15) is 0 Å². The second-order valence-electron chi connectivity index (χ2n) is 4.13. The van der Waals surface area contributed by atoms with Gasteiger partial charge in [0.05, 0.1) is 10.2 Å². The first-order valence-electron chi connectivity index (χ1n) is 5.57. The first-order valence-corrected chi connectivity index (χ1v) is 7.11. The SMILES string of the molecule is Cl.O=[N+]([O-])c1ccc(S(=O)(=O)C2CCCNC2)nc1. The highest BCUT2D eigenvalue weighted by atomic mass is 35.5. The van der Waals surface area contributed by atoms with Gasteiger partial charge in [0, 0.05) is 12.6 Å². The molecule has 1 aliphatic rings. The molecule has 2 heterocycles. The van der Waals surface area contributed by atoms with Crippen molar-refractivity contribution in [3.05, 3.63) is 28.4 Å². The number of nitro groups is 1. The number of halogens is 1. The fourth-order valence-corrected chi connectivity index (χ4v) is 3.52. The molecule has 1 aromatic heterocycles. The van der Waals surface area contributed by atoms with Gasteiger partial charge in [0.15, 0.2) is 14.9 Å². The lowest BCUT2D eigenvalue weighted by Crippen LogP contribution is -2.39. The van der Waals surface area contributed by atoms with Crippen molar-refractivity contribution in [2.75, 3.05) is 13.1 Å². The van der Waals surface area contributed by atoms with Gasteiger partial charge in [-0.15, -0.1) is 12.4 Å². The summed E-state index contributed by atoms with van der Waals surface area (Å²) in [5.41, 5.74) is -0.212. The van der Waals surface area contributed by atoms with Gasteiger partial charge in [0.1, 0.15) is 6.20 Å². The maximum Gasteiger partial charge on any atom is 0.287 e. The van der Waals surface area contributed by atoms with Crippen LogP contribution in [0.4, 0.5) is 5.69 Å². The zero-order valence-electron chi connectivity index (χ0n) is 9.98. The summed E-state index contributed by atoms with van der Waals surface area (Å²) in [6, 6.07) is 2.36. The van der Waals surface area contributed by atoms with Gasteiger partial charge in [-0.3, -0.25) is 10.1 Å². The molecule has 106 valence electrons. The zero-order chi connectivity index (χ0) is 13.2. The normalized spacial score (nSPS) is 19.5. The van der Waals surface area contributed by atoms with Gasteiger partial charge in [-0.1, -0.05) is 0 Å². The number of nitrogens with zero attached hydrogens (tertiary/aromatic N) is 2. The van der Waals surface area contributed by atoms with Gasteiger partial charge in [0.25, 0.3) is 5.69 Å². The predicted molar refractivity (Wildman–Crippen MR) is 71.2 cm³/mol. The second kappa shape index (κ2) is 6.27. The molecule has 19 heavy (non-hydrogen) atoms. The average molecular weight is 308 g/mol. The third-order valence-corrected chi connectivity index (χ3v) is 5.02. The Kier molecular flexibility index (Phi) is 5.21. The highest BCUT2D eigenvalue weighted by Crippen LogP contribution is 2.20. The van der Waals surface area contributed by atoms with Crippen LogP contribution in [0.25, 0.3) is 0 Å². The summed E-state index contributed by atoms with van der Waals surface area (Å²) in [5, 5.41) is 12.9. The van der Waals surface area contributed by atoms with Crippen LogP contribution in [-0.4, -0.2) is 36.7 Å². The highest BCUT2D eigenvalue weighted by Gasteiger charge is 2.30. The molecule has 0 aliphatic carbocycles. The lowest BCUT2D eigenvalue weighted by atomic mass is 10.2. The Balaban J connectivity index is 0.00000180. The molecular formula is C10H14ClN3O4S. The molecule has 0 amide bonds. The highest BCUT2D eigenvalue weighted by molar-refractivity contribution is 7.92. The number of rotatable bonds is 3. The lowest BCUT2D eigenvalue weighted by molar-refractivity contribution is -0.385. The van der Waals surface area contributed by atoms with E-state index < -0.39 is 20.0 Å². The van der Waals surface area contributed by atoms with Crippen LogP contribution < -0.4 is 5.32 Å². The summed E-state index contributed by atoms with van der Waals surface area (Å²) in [7, 11) is -3.50. The monoisotopic (exact) mass is 307 g/mol. The van der Waals surface area contributed by atoms with E-state index in [9.17, 15) is 18.5 Å². The van der Waals surface area contributed by atoms with Crippen molar-refractivity contribution in [2.24, 2.45) is 0 Å². The van der Waals surface area contributed by atoms with Crippen LogP contribution in [-0.2, 0) is 9.84 Å². The van der Waals surface area contributed by atoms with Crippen molar-refractivity contribution in [1.29, 1.82) is 0 Å². The van der Waals surface area contributed by atoms with Gasteiger partial charge in [-0.05, 0) is 25.5 Å². The largest absolute Gasteiger partial charge is 0.315 e. The number of hydrogen-bond acceptors (Lipinski definition) is 6. The van der Waals surface area contributed by atoms with E-state index in [0.717, 1.165) is 25.2 Å². The molecule has 1 saturated heterocycles. The number of pyridine rings is 1. The molecule has 1 N–H and O–H groups in total. The van der Waals surface area contributed by atoms with Gasteiger partial charge in [-0.25, -0.2) is 13.4 Å². The third-order valence-electron chi connectivity index (χ3n) is 2.91. The number of nitrogens with one attached hydrogen (secondary N) is 1. The molecule has 1 aromatic rings. The molecule has 1 unspecified atom stereocenters. The topological polar surface area (TPSA) is 102 Å². The molecule has 2 rings (SSSR count). The molecular weight excluding hydrogens is 294 g/mol. The van der Waals surface area contributed by atoms with E-state index in [1.165, 1.54) is 6.07 Å². The number of aromatic nitrogens is 1. The van der Waals surface area contributed by atoms with Crippen molar-refractivity contribution in [1.82, 2.24) is 10.3 Å². The van der Waals surface area contributed by atoms with Crippen LogP contribution in [0.1, 0.15) is 12.8 Å². The maximum atomic E-state index is 12.2. The summed E-state index contributed by atoms with van der Waals surface area (Å²) in [6.45, 7) is 1.22. The Bertz CT molecular complexity index is 540. The Morgan fingerprint density at radius 3 is 2.63 bits per heavy atom. The van der Waals surface area contributed by atoms with Crippen molar-refractivity contribution < 1.29 is 13.3 Å². The molecule has 0 radical (unpaired) electrons. The fraction of sp³-hybridized carbons (Fsp3) is 0.500. The number of hydrogen-bond donors (Lipinski definition) is 1. The van der Waals surface area contributed by atoms with E-state index in [1.54, 1.807) is 0 Å². The third kappa shape index (κ3) is 3.40. The van der Waals surface area contributed by atoms with Gasteiger partial charge >= 0.3 is 0 Å². The van der Waals surface area contributed by atoms with Crippen molar-refractivity contribution in [3.8, 4) is 0 Å². The van der Waals surface area contributed by atoms with E-state index in [1.807, 2.05) is 0 Å².